The number of ketones is 1. The van der Waals surface area contributed by atoms with Crippen LogP contribution in [-0.4, -0.2) is 29.5 Å². The fourth-order valence-electron chi connectivity index (χ4n) is 3.15. The molecular weight excluding hydrogens is 336 g/mol. The Morgan fingerprint density at radius 3 is 3.05 bits per heavy atom. The summed E-state index contributed by atoms with van der Waals surface area (Å²) in [5.41, 5.74) is 1.97. The number of hydrogen-bond acceptors (Lipinski definition) is 3. The van der Waals surface area contributed by atoms with Gasteiger partial charge in [-0.3, -0.25) is 4.79 Å². The normalized spacial score (nSPS) is 29.8. The van der Waals surface area contributed by atoms with Gasteiger partial charge < -0.3 is 4.74 Å². The van der Waals surface area contributed by atoms with E-state index in [1.807, 2.05) is 36.9 Å². The third-order valence-corrected chi connectivity index (χ3v) is 6.20. The molecule has 3 rings (SSSR count). The first-order valence-electron chi connectivity index (χ1n) is 7.12. The zero-order valence-electron chi connectivity index (χ0n) is 11.7. The van der Waals surface area contributed by atoms with Crippen LogP contribution in [0.15, 0.2) is 22.7 Å². The van der Waals surface area contributed by atoms with E-state index in [0.29, 0.717) is 0 Å². The molecule has 2 saturated heterocycles. The molecule has 2 aliphatic rings. The SMILES string of the molecule is Cc1ccc(C(=O)C2CCOC3(CCSC3)C2)c(Br)c1. The predicted molar refractivity (Wildman–Crippen MR) is 86.6 cm³/mol. The van der Waals surface area contributed by atoms with Crippen LogP contribution in [0.1, 0.15) is 35.2 Å². The summed E-state index contributed by atoms with van der Waals surface area (Å²) in [7, 11) is 0. The molecule has 1 aromatic carbocycles. The molecule has 2 atom stereocenters. The Balaban J connectivity index is 1.79. The number of ether oxygens (including phenoxy) is 1. The van der Waals surface area contributed by atoms with E-state index < -0.39 is 0 Å². The van der Waals surface area contributed by atoms with Gasteiger partial charge in [-0.15, -0.1) is 0 Å². The number of carbonyl (C=O) groups excluding carboxylic acids is 1. The Kier molecular flexibility index (Phi) is 4.25. The largest absolute Gasteiger partial charge is 0.374 e. The van der Waals surface area contributed by atoms with E-state index in [4.69, 9.17) is 4.74 Å². The van der Waals surface area contributed by atoms with E-state index in [-0.39, 0.29) is 17.3 Å². The van der Waals surface area contributed by atoms with Gasteiger partial charge in [-0.2, -0.15) is 11.8 Å². The number of Topliss-reactive ketones (excluding diaryl/α,β-unsaturated/α-hetero) is 1. The number of benzene rings is 1. The number of thioether (sulfide) groups is 1. The second-order valence-electron chi connectivity index (χ2n) is 5.87. The Labute approximate surface area is 132 Å². The smallest absolute Gasteiger partial charge is 0.167 e. The van der Waals surface area contributed by atoms with E-state index >= 15 is 0 Å². The quantitative estimate of drug-likeness (QED) is 0.743. The lowest BCUT2D eigenvalue weighted by Gasteiger charge is -2.37. The molecule has 2 unspecified atom stereocenters. The van der Waals surface area contributed by atoms with E-state index in [1.165, 1.54) is 5.56 Å². The highest BCUT2D eigenvalue weighted by Gasteiger charge is 2.42. The molecule has 0 saturated carbocycles. The zero-order valence-corrected chi connectivity index (χ0v) is 14.1. The molecule has 20 heavy (non-hydrogen) atoms. The lowest BCUT2D eigenvalue weighted by atomic mass is 9.81. The Hall–Kier alpha value is -0.320. The topological polar surface area (TPSA) is 26.3 Å². The second-order valence-corrected chi connectivity index (χ2v) is 7.83. The number of rotatable bonds is 2. The molecule has 0 radical (unpaired) electrons. The molecule has 1 spiro atoms. The average Bonchev–Trinajstić information content (AvgIpc) is 2.86. The molecule has 1 aromatic rings. The maximum atomic E-state index is 12.8. The van der Waals surface area contributed by atoms with Crippen molar-refractivity contribution in [2.45, 2.75) is 31.8 Å². The van der Waals surface area contributed by atoms with Crippen LogP contribution in [0.25, 0.3) is 0 Å². The second kappa shape index (κ2) is 5.82. The number of carbonyl (C=O) groups is 1. The van der Waals surface area contributed by atoms with Crippen molar-refractivity contribution in [3.05, 3.63) is 33.8 Å². The van der Waals surface area contributed by atoms with Crippen molar-refractivity contribution in [3.63, 3.8) is 0 Å². The molecule has 2 fully saturated rings. The maximum Gasteiger partial charge on any atom is 0.167 e. The summed E-state index contributed by atoms with van der Waals surface area (Å²) >= 11 is 5.48. The molecule has 4 heteroatoms. The van der Waals surface area contributed by atoms with Crippen molar-refractivity contribution < 1.29 is 9.53 Å². The third kappa shape index (κ3) is 2.83. The van der Waals surface area contributed by atoms with E-state index in [0.717, 1.165) is 47.4 Å². The van der Waals surface area contributed by atoms with Crippen LogP contribution in [-0.2, 0) is 4.74 Å². The van der Waals surface area contributed by atoms with Gasteiger partial charge in [0.25, 0.3) is 0 Å². The van der Waals surface area contributed by atoms with Crippen LogP contribution in [0.2, 0.25) is 0 Å². The monoisotopic (exact) mass is 354 g/mol. The first-order valence-corrected chi connectivity index (χ1v) is 9.06. The van der Waals surface area contributed by atoms with Gasteiger partial charge >= 0.3 is 0 Å². The van der Waals surface area contributed by atoms with E-state index in [9.17, 15) is 4.79 Å². The minimum absolute atomic E-state index is 0.0274. The summed E-state index contributed by atoms with van der Waals surface area (Å²) < 4.78 is 6.93. The third-order valence-electron chi connectivity index (χ3n) is 4.32. The van der Waals surface area contributed by atoms with Gasteiger partial charge in [0.2, 0.25) is 0 Å². The van der Waals surface area contributed by atoms with Crippen LogP contribution in [0.4, 0.5) is 0 Å². The highest BCUT2D eigenvalue weighted by molar-refractivity contribution is 9.10. The number of halogens is 1. The standard InChI is InChI=1S/C16H19BrO2S/c1-11-2-3-13(14(17)8-11)15(18)12-4-6-19-16(9-12)5-7-20-10-16/h2-3,8,12H,4-7,9-10H2,1H3. The summed E-state index contributed by atoms with van der Waals surface area (Å²) in [6, 6.07) is 5.99. The van der Waals surface area contributed by atoms with Crippen LogP contribution in [0.3, 0.4) is 0 Å². The van der Waals surface area contributed by atoms with Crippen molar-refractivity contribution in [2.24, 2.45) is 5.92 Å². The van der Waals surface area contributed by atoms with Gasteiger partial charge in [0, 0.05) is 28.3 Å². The van der Waals surface area contributed by atoms with Crippen molar-refractivity contribution >= 4 is 33.5 Å². The van der Waals surface area contributed by atoms with Crippen LogP contribution in [0.5, 0.6) is 0 Å². The predicted octanol–water partition coefficient (Wildman–Crippen LogP) is 4.24. The average molecular weight is 355 g/mol. The first-order chi connectivity index (χ1) is 9.60. The molecule has 0 aromatic heterocycles. The van der Waals surface area contributed by atoms with Crippen molar-refractivity contribution in [1.82, 2.24) is 0 Å². The Morgan fingerprint density at radius 1 is 1.50 bits per heavy atom. The van der Waals surface area contributed by atoms with Crippen molar-refractivity contribution in [1.29, 1.82) is 0 Å². The maximum absolute atomic E-state index is 12.8. The molecule has 0 bridgehead atoms. The van der Waals surface area contributed by atoms with Crippen LogP contribution >= 0.6 is 27.7 Å². The summed E-state index contributed by atoms with van der Waals surface area (Å²) in [6.07, 6.45) is 2.83. The lowest BCUT2D eigenvalue weighted by Crippen LogP contribution is -2.42. The lowest BCUT2D eigenvalue weighted by molar-refractivity contribution is -0.0734. The summed E-state index contributed by atoms with van der Waals surface area (Å²) in [6.45, 7) is 2.76. The van der Waals surface area contributed by atoms with Gasteiger partial charge in [-0.05, 0) is 49.6 Å². The number of aryl methyl sites for hydroxylation is 1. The summed E-state index contributed by atoms with van der Waals surface area (Å²) in [5, 5.41) is 0. The summed E-state index contributed by atoms with van der Waals surface area (Å²) in [5.74, 6) is 2.60. The van der Waals surface area contributed by atoms with Gasteiger partial charge in [-0.1, -0.05) is 22.0 Å². The molecule has 2 heterocycles. The molecular formula is C16H19BrO2S. The zero-order chi connectivity index (χ0) is 14.2. The highest BCUT2D eigenvalue weighted by Crippen LogP contribution is 2.41. The Morgan fingerprint density at radius 2 is 2.35 bits per heavy atom. The van der Waals surface area contributed by atoms with E-state index in [1.54, 1.807) is 0 Å². The molecule has 0 N–H and O–H groups in total. The molecule has 0 aliphatic carbocycles. The first kappa shape index (κ1) is 14.6. The minimum Gasteiger partial charge on any atom is -0.374 e. The van der Waals surface area contributed by atoms with Gasteiger partial charge in [0.1, 0.15) is 0 Å². The highest BCUT2D eigenvalue weighted by atomic mass is 79.9. The van der Waals surface area contributed by atoms with Gasteiger partial charge in [0.15, 0.2) is 5.78 Å². The molecule has 2 nitrogen and oxygen atoms in total. The molecule has 2 aliphatic heterocycles. The fraction of sp³-hybridized carbons (Fsp3) is 0.562. The minimum atomic E-state index is -0.0274. The van der Waals surface area contributed by atoms with Gasteiger partial charge in [-0.25, -0.2) is 0 Å². The van der Waals surface area contributed by atoms with E-state index in [2.05, 4.69) is 15.9 Å². The molecule has 108 valence electrons. The van der Waals surface area contributed by atoms with Crippen molar-refractivity contribution in [2.75, 3.05) is 18.1 Å². The number of hydrogen-bond donors (Lipinski definition) is 0. The van der Waals surface area contributed by atoms with Crippen LogP contribution < -0.4 is 0 Å². The Bertz CT molecular complexity index is 523. The van der Waals surface area contributed by atoms with Crippen molar-refractivity contribution in [3.8, 4) is 0 Å². The summed E-state index contributed by atoms with van der Waals surface area (Å²) in [4.78, 5) is 12.8. The molecule has 0 amide bonds. The van der Waals surface area contributed by atoms with Gasteiger partial charge in [0.05, 0.1) is 5.60 Å². The fourth-order valence-corrected chi connectivity index (χ4v) is 5.22. The van der Waals surface area contributed by atoms with Crippen LogP contribution in [0, 0.1) is 12.8 Å².